The van der Waals surface area contributed by atoms with E-state index in [0.29, 0.717) is 11.9 Å². The van der Waals surface area contributed by atoms with E-state index in [2.05, 4.69) is 59.2 Å². The van der Waals surface area contributed by atoms with Crippen molar-refractivity contribution in [1.29, 1.82) is 0 Å². The van der Waals surface area contributed by atoms with Crippen LogP contribution in [0.3, 0.4) is 0 Å². The molecule has 5 nitrogen and oxygen atoms in total. The van der Waals surface area contributed by atoms with Crippen molar-refractivity contribution >= 4 is 35.6 Å². The van der Waals surface area contributed by atoms with Gasteiger partial charge in [0.2, 0.25) is 0 Å². The van der Waals surface area contributed by atoms with Crippen LogP contribution in [0.15, 0.2) is 29.3 Å². The van der Waals surface area contributed by atoms with Crippen LogP contribution in [0.25, 0.3) is 0 Å². The fraction of sp³-hybridized carbons (Fsp3) is 0.632. The van der Waals surface area contributed by atoms with E-state index in [9.17, 15) is 0 Å². The number of unbranched alkanes of at least 4 members (excludes halogenated alkanes) is 1. The Morgan fingerprint density at radius 3 is 2.60 bits per heavy atom. The number of hydrogen-bond donors (Lipinski definition) is 2. The van der Waals surface area contributed by atoms with Crippen LogP contribution in [0.2, 0.25) is 0 Å². The SMILES string of the molecule is CC(C)c1cccc(NC(N)=NCCCCN2CCN(C)CC2)c1.I. The third-order valence-electron chi connectivity index (χ3n) is 4.59. The molecule has 0 radical (unpaired) electrons. The Hall–Kier alpha value is -0.860. The monoisotopic (exact) mass is 459 g/mol. The van der Waals surface area contributed by atoms with Crippen molar-refractivity contribution in [3.63, 3.8) is 0 Å². The molecule has 0 bridgehead atoms. The molecule has 1 fully saturated rings. The average Bonchev–Trinajstić information content (AvgIpc) is 2.56. The highest BCUT2D eigenvalue weighted by molar-refractivity contribution is 14.0. The minimum Gasteiger partial charge on any atom is -0.370 e. The molecule has 1 aromatic rings. The van der Waals surface area contributed by atoms with Crippen LogP contribution in [-0.4, -0.2) is 62.1 Å². The summed E-state index contributed by atoms with van der Waals surface area (Å²) in [6.45, 7) is 11.1. The predicted molar refractivity (Wildman–Crippen MR) is 119 cm³/mol. The van der Waals surface area contributed by atoms with Gasteiger partial charge in [0.1, 0.15) is 0 Å². The van der Waals surface area contributed by atoms with Gasteiger partial charge in [-0.3, -0.25) is 4.99 Å². The van der Waals surface area contributed by atoms with Crippen molar-refractivity contribution in [3.8, 4) is 0 Å². The maximum atomic E-state index is 6.00. The van der Waals surface area contributed by atoms with Gasteiger partial charge in [0, 0.05) is 38.4 Å². The molecule has 1 saturated heterocycles. The minimum atomic E-state index is 0. The molecule has 1 heterocycles. The van der Waals surface area contributed by atoms with E-state index >= 15 is 0 Å². The first-order valence-electron chi connectivity index (χ1n) is 9.12. The zero-order valence-corrected chi connectivity index (χ0v) is 18.2. The van der Waals surface area contributed by atoms with E-state index in [1.165, 1.54) is 44.7 Å². The summed E-state index contributed by atoms with van der Waals surface area (Å²) >= 11 is 0. The number of anilines is 1. The molecule has 0 amide bonds. The molecule has 0 unspecified atom stereocenters. The highest BCUT2D eigenvalue weighted by Gasteiger charge is 2.12. The quantitative estimate of drug-likeness (QED) is 0.285. The van der Waals surface area contributed by atoms with E-state index in [-0.39, 0.29) is 24.0 Å². The summed E-state index contributed by atoms with van der Waals surface area (Å²) in [4.78, 5) is 9.38. The Balaban J connectivity index is 0.00000312. The second kappa shape index (κ2) is 11.7. The lowest BCUT2D eigenvalue weighted by molar-refractivity contribution is 0.152. The summed E-state index contributed by atoms with van der Waals surface area (Å²) in [5.41, 5.74) is 8.31. The number of piperazine rings is 1. The molecule has 0 atom stereocenters. The third kappa shape index (κ3) is 8.37. The Morgan fingerprint density at radius 1 is 1.20 bits per heavy atom. The van der Waals surface area contributed by atoms with Crippen molar-refractivity contribution < 1.29 is 0 Å². The van der Waals surface area contributed by atoms with Crippen LogP contribution >= 0.6 is 24.0 Å². The number of nitrogens with two attached hydrogens (primary N) is 1. The first-order chi connectivity index (χ1) is 11.5. The molecule has 0 spiro atoms. The molecule has 3 N–H and O–H groups in total. The molecule has 0 aliphatic carbocycles. The van der Waals surface area contributed by atoms with Gasteiger partial charge in [-0.2, -0.15) is 0 Å². The Labute approximate surface area is 170 Å². The van der Waals surface area contributed by atoms with Gasteiger partial charge in [0.05, 0.1) is 0 Å². The van der Waals surface area contributed by atoms with Gasteiger partial charge in [0.15, 0.2) is 5.96 Å². The predicted octanol–water partition coefficient (Wildman–Crippen LogP) is 3.18. The normalized spacial score (nSPS) is 16.7. The highest BCUT2D eigenvalue weighted by atomic mass is 127. The van der Waals surface area contributed by atoms with Crippen LogP contribution in [0, 0.1) is 0 Å². The van der Waals surface area contributed by atoms with E-state index in [0.717, 1.165) is 18.7 Å². The highest BCUT2D eigenvalue weighted by Crippen LogP contribution is 2.18. The van der Waals surface area contributed by atoms with Crippen LogP contribution in [-0.2, 0) is 0 Å². The second-order valence-corrected chi connectivity index (χ2v) is 7.02. The van der Waals surface area contributed by atoms with Gasteiger partial charge in [-0.15, -0.1) is 24.0 Å². The summed E-state index contributed by atoms with van der Waals surface area (Å²) in [5.74, 6) is 1.02. The lowest BCUT2D eigenvalue weighted by Gasteiger charge is -2.32. The van der Waals surface area contributed by atoms with Crippen LogP contribution in [0.5, 0.6) is 0 Å². The van der Waals surface area contributed by atoms with Crippen LogP contribution < -0.4 is 11.1 Å². The number of nitrogens with zero attached hydrogens (tertiary/aromatic N) is 3. The zero-order valence-electron chi connectivity index (χ0n) is 15.9. The van der Waals surface area contributed by atoms with Gasteiger partial charge in [-0.25, -0.2) is 0 Å². The third-order valence-corrected chi connectivity index (χ3v) is 4.59. The van der Waals surface area contributed by atoms with Gasteiger partial charge < -0.3 is 20.9 Å². The van der Waals surface area contributed by atoms with Gasteiger partial charge in [0.25, 0.3) is 0 Å². The Morgan fingerprint density at radius 2 is 1.92 bits per heavy atom. The first kappa shape index (κ1) is 22.2. The first-order valence-corrected chi connectivity index (χ1v) is 9.12. The van der Waals surface area contributed by atoms with Crippen LogP contribution in [0.4, 0.5) is 5.69 Å². The van der Waals surface area contributed by atoms with Crippen molar-refractivity contribution in [2.75, 3.05) is 51.6 Å². The largest absolute Gasteiger partial charge is 0.370 e. The molecule has 0 aromatic heterocycles. The lowest BCUT2D eigenvalue weighted by atomic mass is 10.0. The number of guanidine groups is 1. The van der Waals surface area contributed by atoms with E-state index < -0.39 is 0 Å². The van der Waals surface area contributed by atoms with E-state index in [4.69, 9.17) is 5.73 Å². The van der Waals surface area contributed by atoms with Crippen molar-refractivity contribution in [1.82, 2.24) is 9.80 Å². The molecule has 2 rings (SSSR count). The van der Waals surface area contributed by atoms with Crippen molar-refractivity contribution in [3.05, 3.63) is 29.8 Å². The molecule has 142 valence electrons. The maximum absolute atomic E-state index is 6.00. The van der Waals surface area contributed by atoms with Crippen molar-refractivity contribution in [2.45, 2.75) is 32.6 Å². The Kier molecular flexibility index (Phi) is 10.4. The molecule has 1 aliphatic rings. The number of nitrogens with one attached hydrogen (secondary N) is 1. The summed E-state index contributed by atoms with van der Waals surface area (Å²) in [6.07, 6.45) is 2.27. The minimum absolute atomic E-state index is 0. The zero-order chi connectivity index (χ0) is 17.4. The lowest BCUT2D eigenvalue weighted by Crippen LogP contribution is -2.44. The number of benzene rings is 1. The average molecular weight is 459 g/mol. The molecule has 6 heteroatoms. The summed E-state index contributed by atoms with van der Waals surface area (Å²) in [7, 11) is 2.19. The van der Waals surface area contributed by atoms with Crippen molar-refractivity contribution in [2.24, 2.45) is 10.7 Å². The van der Waals surface area contributed by atoms with Crippen LogP contribution in [0.1, 0.15) is 38.2 Å². The maximum Gasteiger partial charge on any atom is 0.193 e. The number of rotatable bonds is 7. The fourth-order valence-corrected chi connectivity index (χ4v) is 2.88. The summed E-state index contributed by atoms with van der Waals surface area (Å²) in [5, 5.41) is 3.19. The Bertz CT molecular complexity index is 524. The number of hydrogen-bond acceptors (Lipinski definition) is 3. The molecule has 25 heavy (non-hydrogen) atoms. The van der Waals surface area contributed by atoms with E-state index in [1.807, 2.05) is 6.07 Å². The summed E-state index contributed by atoms with van der Waals surface area (Å²) < 4.78 is 0. The standard InChI is InChI=1S/C19H33N5.HI/c1-16(2)17-7-6-8-18(15-17)22-19(20)21-9-4-5-10-24-13-11-23(3)12-14-24;/h6-8,15-16H,4-5,9-14H2,1-3H3,(H3,20,21,22);1H. The number of likely N-dealkylation sites (N-methyl/N-ethyl adjacent to an activating group) is 1. The van der Waals surface area contributed by atoms with E-state index in [1.54, 1.807) is 0 Å². The molecule has 1 aromatic carbocycles. The van der Waals surface area contributed by atoms with Gasteiger partial charge >= 0.3 is 0 Å². The smallest absolute Gasteiger partial charge is 0.193 e. The van der Waals surface area contributed by atoms with Gasteiger partial charge in [-0.1, -0.05) is 26.0 Å². The number of aliphatic imine (C=N–C) groups is 1. The molecular weight excluding hydrogens is 425 g/mol. The second-order valence-electron chi connectivity index (χ2n) is 7.02. The molecule has 1 aliphatic heterocycles. The molecular formula is C19H34IN5. The summed E-state index contributed by atoms with van der Waals surface area (Å²) in [6, 6.07) is 8.37. The molecule has 0 saturated carbocycles. The number of halogens is 1. The van der Waals surface area contributed by atoms with Gasteiger partial charge in [-0.05, 0) is 50.0 Å². The fourth-order valence-electron chi connectivity index (χ4n) is 2.88. The topological polar surface area (TPSA) is 56.9 Å².